The highest BCUT2D eigenvalue weighted by molar-refractivity contribution is 7.47. The summed E-state index contributed by atoms with van der Waals surface area (Å²) in [6, 6.07) is 0. The van der Waals surface area contributed by atoms with Gasteiger partial charge in [0.25, 0.3) is 0 Å². The molecule has 2 unspecified atom stereocenters. The summed E-state index contributed by atoms with van der Waals surface area (Å²) >= 11 is 0. The number of esters is 2. The van der Waals surface area contributed by atoms with Crippen molar-refractivity contribution in [2.45, 2.75) is 367 Å². The van der Waals surface area contributed by atoms with E-state index in [1.807, 2.05) is 0 Å². The number of phosphoric acid groups is 1. The van der Waals surface area contributed by atoms with Crippen molar-refractivity contribution in [1.29, 1.82) is 0 Å². The molecule has 0 aliphatic rings. The fraction of sp³-hybridized carbons (Fsp3) is 0.792. The Balaban J connectivity index is 3.82. The highest BCUT2D eigenvalue weighted by Gasteiger charge is 2.26. The molecule has 87 heavy (non-hydrogen) atoms. The molecule has 3 N–H and O–H groups in total. The monoisotopic (exact) mass is 1240 g/mol. The average molecular weight is 1240 g/mol. The highest BCUT2D eigenvalue weighted by Crippen LogP contribution is 2.43. The zero-order chi connectivity index (χ0) is 63.0. The lowest BCUT2D eigenvalue weighted by atomic mass is 10.0. The molecule has 0 radical (unpaired) electrons. The second-order valence-electron chi connectivity index (χ2n) is 24.8. The van der Waals surface area contributed by atoms with Gasteiger partial charge in [-0.1, -0.05) is 343 Å². The number of hydrogen-bond acceptors (Lipinski definition) is 8. The molecular weight excluding hydrogens is 1100 g/mol. The van der Waals surface area contributed by atoms with Crippen LogP contribution >= 0.6 is 7.82 Å². The topological polar surface area (TPSA) is 134 Å². The Kier molecular flexibility index (Phi) is 69.9. The van der Waals surface area contributed by atoms with E-state index in [0.717, 1.165) is 70.6 Å². The van der Waals surface area contributed by atoms with E-state index in [-0.39, 0.29) is 38.6 Å². The van der Waals surface area contributed by atoms with E-state index < -0.39 is 26.5 Å². The van der Waals surface area contributed by atoms with Crippen LogP contribution in [0.5, 0.6) is 0 Å². The van der Waals surface area contributed by atoms with Gasteiger partial charge in [0.2, 0.25) is 0 Å². The number of phosphoric ester groups is 1. The van der Waals surface area contributed by atoms with Gasteiger partial charge < -0.3 is 20.1 Å². The summed E-state index contributed by atoms with van der Waals surface area (Å²) in [6.45, 7) is 3.67. The summed E-state index contributed by atoms with van der Waals surface area (Å²) in [5.74, 6) is -0.811. The Bertz CT molecular complexity index is 1700. The van der Waals surface area contributed by atoms with E-state index in [0.29, 0.717) is 6.42 Å². The first-order chi connectivity index (χ1) is 42.8. The lowest BCUT2D eigenvalue weighted by Crippen LogP contribution is -2.29. The van der Waals surface area contributed by atoms with Gasteiger partial charge in [0, 0.05) is 19.4 Å². The second kappa shape index (κ2) is 72.3. The predicted molar refractivity (Wildman–Crippen MR) is 376 cm³/mol. The third-order valence-corrected chi connectivity index (χ3v) is 17.2. The van der Waals surface area contributed by atoms with Gasteiger partial charge >= 0.3 is 19.8 Å². The van der Waals surface area contributed by atoms with Crippen molar-refractivity contribution < 1.29 is 37.6 Å². The van der Waals surface area contributed by atoms with E-state index >= 15 is 0 Å². The summed E-state index contributed by atoms with van der Waals surface area (Å²) in [7, 11) is -4.40. The van der Waals surface area contributed by atoms with Gasteiger partial charge in [0.15, 0.2) is 6.10 Å². The van der Waals surface area contributed by atoms with Crippen molar-refractivity contribution in [3.05, 3.63) is 85.1 Å². The number of rotatable bonds is 70. The largest absolute Gasteiger partial charge is 0.472 e. The van der Waals surface area contributed by atoms with Gasteiger partial charge in [0.05, 0.1) is 13.2 Å². The predicted octanol–water partition coefficient (Wildman–Crippen LogP) is 24.5. The molecule has 0 aliphatic heterocycles. The average Bonchev–Trinajstić information content (AvgIpc) is 3.64. The second-order valence-corrected chi connectivity index (χ2v) is 26.2. The van der Waals surface area contributed by atoms with Crippen LogP contribution < -0.4 is 5.73 Å². The van der Waals surface area contributed by atoms with Gasteiger partial charge in [-0.3, -0.25) is 18.6 Å². The molecule has 0 heterocycles. The third-order valence-electron chi connectivity index (χ3n) is 16.3. The quantitative estimate of drug-likeness (QED) is 0.0264. The number of carbonyl (C=O) groups excluding carboxylic acids is 2. The Hall–Kier alpha value is -2.81. The molecule has 0 aromatic heterocycles. The molecule has 0 spiro atoms. The number of carbonyl (C=O) groups is 2. The molecular formula is C77H140NO8P. The fourth-order valence-corrected chi connectivity index (χ4v) is 11.6. The lowest BCUT2D eigenvalue weighted by molar-refractivity contribution is -0.161. The van der Waals surface area contributed by atoms with E-state index in [1.54, 1.807) is 0 Å². The van der Waals surface area contributed by atoms with Crippen LogP contribution in [0.2, 0.25) is 0 Å². The van der Waals surface area contributed by atoms with Crippen LogP contribution in [0.15, 0.2) is 85.1 Å². The summed E-state index contributed by atoms with van der Waals surface area (Å²) in [5, 5.41) is 0. The summed E-state index contributed by atoms with van der Waals surface area (Å²) in [5.41, 5.74) is 5.41. The minimum Gasteiger partial charge on any atom is -0.462 e. The molecule has 0 rings (SSSR count). The molecule has 0 aliphatic carbocycles. The van der Waals surface area contributed by atoms with Gasteiger partial charge in [-0.15, -0.1) is 0 Å². The van der Waals surface area contributed by atoms with Gasteiger partial charge in [-0.05, 0) is 89.9 Å². The smallest absolute Gasteiger partial charge is 0.462 e. The maximum atomic E-state index is 12.8. The standard InChI is InChI=1S/C77H140NO8P/c1-3-5-7-9-11-13-15-17-19-21-23-25-27-29-31-33-35-36-37-38-40-42-44-46-48-50-52-54-56-58-60-62-64-66-68-70-77(80)86-75(74-85-87(81,82)84-72-71-78)73-83-76(79)69-67-65-63-61-59-57-55-53-51-49-47-45-43-41-39-34-32-30-28-26-24-22-20-18-16-14-12-10-8-6-4-2/h5,7,11,13,16-19,22-25,28,30,75H,3-4,6,8-10,12,14-15,20-21,26-27,29,31-74,78H2,1-2H3,(H,81,82)/b7-5-,13-11-,18-16-,19-17-,24-22-,25-23-,30-28-. The molecule has 2 atom stereocenters. The van der Waals surface area contributed by atoms with Crippen LogP contribution in [-0.4, -0.2) is 49.3 Å². The first kappa shape index (κ1) is 84.2. The molecule has 0 saturated heterocycles. The van der Waals surface area contributed by atoms with Gasteiger partial charge in [0.1, 0.15) is 6.61 Å². The summed E-state index contributed by atoms with van der Waals surface area (Å²) in [4.78, 5) is 35.4. The van der Waals surface area contributed by atoms with Crippen LogP contribution in [-0.2, 0) is 32.7 Å². The van der Waals surface area contributed by atoms with Crippen LogP contribution in [0.3, 0.4) is 0 Å². The molecule has 0 fully saturated rings. The van der Waals surface area contributed by atoms with E-state index in [1.165, 1.54) is 257 Å². The highest BCUT2D eigenvalue weighted by atomic mass is 31.2. The zero-order valence-corrected chi connectivity index (χ0v) is 57.9. The Morgan fingerprint density at radius 2 is 0.632 bits per heavy atom. The van der Waals surface area contributed by atoms with Crippen molar-refractivity contribution in [3.8, 4) is 0 Å². The van der Waals surface area contributed by atoms with Gasteiger partial charge in [-0.25, -0.2) is 4.57 Å². The zero-order valence-electron chi connectivity index (χ0n) is 57.0. The maximum Gasteiger partial charge on any atom is 0.472 e. The molecule has 9 nitrogen and oxygen atoms in total. The number of ether oxygens (including phenoxy) is 2. The molecule has 0 aromatic rings. The SMILES string of the molecule is CC/C=C\C/C=C\C/C=C\C/C=C\CCCCCCCCCCCCCCCCCCCCCCCCC(=O)OC(COC(=O)CCCCCCCCCCCCCCCCCC/C=C\C/C=C\C/C=C\CCCCCCC)COP(=O)(O)OCCN. The molecule has 0 saturated carbocycles. The van der Waals surface area contributed by atoms with Crippen molar-refractivity contribution in [2.24, 2.45) is 5.73 Å². The van der Waals surface area contributed by atoms with Crippen LogP contribution in [0.4, 0.5) is 0 Å². The van der Waals surface area contributed by atoms with Crippen molar-refractivity contribution >= 4 is 19.8 Å². The molecule has 506 valence electrons. The maximum absolute atomic E-state index is 12.8. The first-order valence-corrected chi connectivity index (χ1v) is 38.6. The Labute approximate surface area is 538 Å². The van der Waals surface area contributed by atoms with E-state index in [4.69, 9.17) is 24.3 Å². The normalized spacial score (nSPS) is 13.4. The lowest BCUT2D eigenvalue weighted by Gasteiger charge is -2.19. The summed E-state index contributed by atoms with van der Waals surface area (Å²) in [6.07, 6.45) is 96.9. The minimum atomic E-state index is -4.40. The minimum absolute atomic E-state index is 0.0534. The summed E-state index contributed by atoms with van der Waals surface area (Å²) < 4.78 is 33.2. The third kappa shape index (κ3) is 72.1. The number of unbranched alkanes of at least 4 members (excludes halogenated alkanes) is 43. The molecule has 0 amide bonds. The Morgan fingerprint density at radius 1 is 0.356 bits per heavy atom. The van der Waals surface area contributed by atoms with Crippen molar-refractivity contribution in [2.75, 3.05) is 26.4 Å². The molecule has 0 bridgehead atoms. The van der Waals surface area contributed by atoms with Crippen LogP contribution in [0.1, 0.15) is 361 Å². The van der Waals surface area contributed by atoms with Crippen molar-refractivity contribution in [1.82, 2.24) is 0 Å². The number of hydrogen-bond donors (Lipinski definition) is 2. The molecule has 0 aromatic carbocycles. The van der Waals surface area contributed by atoms with Crippen LogP contribution in [0.25, 0.3) is 0 Å². The van der Waals surface area contributed by atoms with Crippen molar-refractivity contribution in [3.63, 3.8) is 0 Å². The Morgan fingerprint density at radius 3 is 0.943 bits per heavy atom. The van der Waals surface area contributed by atoms with E-state index in [2.05, 4.69) is 98.9 Å². The first-order valence-electron chi connectivity index (χ1n) is 37.1. The van der Waals surface area contributed by atoms with E-state index in [9.17, 15) is 19.0 Å². The van der Waals surface area contributed by atoms with Gasteiger partial charge in [-0.2, -0.15) is 0 Å². The van der Waals surface area contributed by atoms with Crippen LogP contribution in [0, 0.1) is 0 Å². The number of nitrogens with two attached hydrogens (primary N) is 1. The fourth-order valence-electron chi connectivity index (χ4n) is 10.8. The number of allylic oxidation sites excluding steroid dienone is 14. The molecule has 10 heteroatoms.